The van der Waals surface area contributed by atoms with Gasteiger partial charge < -0.3 is 20.9 Å². The van der Waals surface area contributed by atoms with Crippen LogP contribution in [0.2, 0.25) is 0 Å². The van der Waals surface area contributed by atoms with Crippen molar-refractivity contribution in [1.82, 2.24) is 0 Å². The second-order valence-electron chi connectivity index (χ2n) is 8.57. The molecule has 0 bridgehead atoms. The van der Waals surface area contributed by atoms with Gasteiger partial charge in [-0.05, 0) is 12.8 Å². The van der Waals surface area contributed by atoms with Crippen molar-refractivity contribution >= 4 is 11.4 Å². The highest BCUT2D eigenvalue weighted by molar-refractivity contribution is 5.69. The number of hydrogen-bond acceptors (Lipinski definition) is 4. The minimum Gasteiger partial charge on any atom is -0.490 e. The molecule has 174 valence electrons. The van der Waals surface area contributed by atoms with E-state index in [0.29, 0.717) is 24.6 Å². The van der Waals surface area contributed by atoms with Crippen LogP contribution in [0.15, 0.2) is 12.1 Å². The zero-order chi connectivity index (χ0) is 21.9. The Morgan fingerprint density at radius 3 is 1.13 bits per heavy atom. The molecule has 0 aliphatic heterocycles. The summed E-state index contributed by atoms with van der Waals surface area (Å²) in [4.78, 5) is 0. The molecule has 0 fully saturated rings. The minimum absolute atomic E-state index is 0.556. The number of hydrogen-bond donors (Lipinski definition) is 2. The highest BCUT2D eigenvalue weighted by Gasteiger charge is 2.09. The first-order valence-corrected chi connectivity index (χ1v) is 12.6. The van der Waals surface area contributed by atoms with Gasteiger partial charge in [-0.3, -0.25) is 0 Å². The summed E-state index contributed by atoms with van der Waals surface area (Å²) >= 11 is 0. The Bertz CT molecular complexity index is 487. The summed E-state index contributed by atoms with van der Waals surface area (Å²) in [6, 6.07) is 3.62. The van der Waals surface area contributed by atoms with E-state index < -0.39 is 0 Å². The smallest absolute Gasteiger partial charge is 0.163 e. The molecule has 0 heterocycles. The van der Waals surface area contributed by atoms with E-state index in [1.807, 2.05) is 12.1 Å². The molecule has 0 spiro atoms. The van der Waals surface area contributed by atoms with Crippen molar-refractivity contribution in [2.45, 2.75) is 117 Å². The third-order valence-electron chi connectivity index (χ3n) is 5.66. The van der Waals surface area contributed by atoms with Crippen LogP contribution in [-0.2, 0) is 0 Å². The largest absolute Gasteiger partial charge is 0.490 e. The van der Waals surface area contributed by atoms with Crippen LogP contribution in [0.1, 0.15) is 117 Å². The van der Waals surface area contributed by atoms with E-state index in [9.17, 15) is 0 Å². The number of benzene rings is 1. The second-order valence-corrected chi connectivity index (χ2v) is 8.57. The van der Waals surface area contributed by atoms with Gasteiger partial charge in [0.05, 0.1) is 24.6 Å². The van der Waals surface area contributed by atoms with Crippen LogP contribution in [0.4, 0.5) is 11.4 Å². The van der Waals surface area contributed by atoms with Gasteiger partial charge >= 0.3 is 0 Å². The van der Waals surface area contributed by atoms with Crippen molar-refractivity contribution in [3.8, 4) is 11.5 Å². The van der Waals surface area contributed by atoms with Gasteiger partial charge in [-0.2, -0.15) is 0 Å². The first-order chi connectivity index (χ1) is 14.7. The van der Waals surface area contributed by atoms with Gasteiger partial charge in [0.25, 0.3) is 0 Å². The summed E-state index contributed by atoms with van der Waals surface area (Å²) in [5.41, 5.74) is 13.1. The fourth-order valence-corrected chi connectivity index (χ4v) is 3.65. The molecule has 1 rings (SSSR count). The summed E-state index contributed by atoms with van der Waals surface area (Å²) in [7, 11) is 0. The molecule has 1 aromatic rings. The van der Waals surface area contributed by atoms with Crippen molar-refractivity contribution in [1.29, 1.82) is 0 Å². The second kappa shape index (κ2) is 18.2. The lowest BCUT2D eigenvalue weighted by Crippen LogP contribution is -2.05. The molecule has 0 saturated carbocycles. The molecule has 30 heavy (non-hydrogen) atoms. The Morgan fingerprint density at radius 2 is 0.800 bits per heavy atom. The van der Waals surface area contributed by atoms with Crippen molar-refractivity contribution in [2.75, 3.05) is 24.7 Å². The number of nitrogens with two attached hydrogens (primary N) is 2. The van der Waals surface area contributed by atoms with Crippen LogP contribution in [0.5, 0.6) is 11.5 Å². The Hall–Kier alpha value is -1.58. The summed E-state index contributed by atoms with van der Waals surface area (Å²) in [5.74, 6) is 1.45. The monoisotopic (exact) mass is 420 g/mol. The molecule has 0 unspecified atom stereocenters. The molecule has 0 saturated heterocycles. The lowest BCUT2D eigenvalue weighted by molar-refractivity contribution is 0.258. The van der Waals surface area contributed by atoms with Crippen LogP contribution in [-0.4, -0.2) is 13.2 Å². The van der Waals surface area contributed by atoms with E-state index in [0.717, 1.165) is 24.3 Å². The highest BCUT2D eigenvalue weighted by atomic mass is 16.5. The Kier molecular flexibility index (Phi) is 16.1. The quantitative estimate of drug-likeness (QED) is 0.166. The zero-order valence-corrected chi connectivity index (χ0v) is 19.9. The van der Waals surface area contributed by atoms with Gasteiger partial charge in [0.1, 0.15) is 0 Å². The van der Waals surface area contributed by atoms with Gasteiger partial charge in [-0.1, -0.05) is 104 Å². The van der Waals surface area contributed by atoms with Crippen LogP contribution in [0, 0.1) is 0 Å². The number of ether oxygens (including phenoxy) is 2. The first-order valence-electron chi connectivity index (χ1n) is 12.6. The first kappa shape index (κ1) is 26.5. The van der Waals surface area contributed by atoms with E-state index in [4.69, 9.17) is 20.9 Å². The molecule has 4 N–H and O–H groups in total. The SMILES string of the molecule is CCCCCCCCCCOc1cc(N)c(N)cc1OCCCCCCCCCC. The minimum atomic E-state index is 0.556. The molecule has 4 nitrogen and oxygen atoms in total. The Labute approximate surface area is 186 Å². The highest BCUT2D eigenvalue weighted by Crippen LogP contribution is 2.34. The van der Waals surface area contributed by atoms with Crippen molar-refractivity contribution in [3.05, 3.63) is 12.1 Å². The predicted molar refractivity (Wildman–Crippen MR) is 131 cm³/mol. The molecule has 0 radical (unpaired) electrons. The maximum atomic E-state index is 5.99. The van der Waals surface area contributed by atoms with E-state index in [1.165, 1.54) is 89.9 Å². The number of nitrogen functional groups attached to an aromatic ring is 2. The number of unbranched alkanes of at least 4 members (excludes halogenated alkanes) is 14. The summed E-state index contributed by atoms with van der Waals surface area (Å²) in [6.07, 6.45) is 20.6. The molecule has 0 aromatic heterocycles. The zero-order valence-electron chi connectivity index (χ0n) is 19.9. The van der Waals surface area contributed by atoms with Crippen molar-refractivity contribution in [3.63, 3.8) is 0 Å². The number of anilines is 2. The fraction of sp³-hybridized carbons (Fsp3) is 0.769. The lowest BCUT2D eigenvalue weighted by Gasteiger charge is -2.15. The molecular formula is C26H48N2O2. The molecule has 1 aromatic carbocycles. The van der Waals surface area contributed by atoms with Gasteiger partial charge in [-0.15, -0.1) is 0 Å². The standard InChI is InChI=1S/C26H48N2O2/c1-3-5-7-9-11-13-15-17-19-29-25-21-23(27)24(28)22-26(25)30-20-18-16-14-12-10-8-6-4-2/h21-22H,3-20,27-28H2,1-2H3. The third kappa shape index (κ3) is 12.9. The third-order valence-corrected chi connectivity index (χ3v) is 5.66. The summed E-state index contributed by atoms with van der Waals surface area (Å²) < 4.78 is 12.0. The number of rotatable bonds is 20. The molecular weight excluding hydrogens is 372 g/mol. The molecule has 0 amide bonds. The van der Waals surface area contributed by atoms with Crippen LogP contribution < -0.4 is 20.9 Å². The average Bonchev–Trinajstić information content (AvgIpc) is 2.74. The molecule has 0 aliphatic rings. The Morgan fingerprint density at radius 1 is 0.500 bits per heavy atom. The van der Waals surface area contributed by atoms with E-state index >= 15 is 0 Å². The maximum absolute atomic E-state index is 5.99. The maximum Gasteiger partial charge on any atom is 0.163 e. The predicted octanol–water partition coefficient (Wildman–Crippen LogP) is 7.89. The lowest BCUT2D eigenvalue weighted by atomic mass is 10.1. The van der Waals surface area contributed by atoms with Crippen molar-refractivity contribution < 1.29 is 9.47 Å². The summed E-state index contributed by atoms with van der Waals surface area (Å²) in [5, 5.41) is 0. The van der Waals surface area contributed by atoms with Crippen LogP contribution in [0.25, 0.3) is 0 Å². The molecule has 0 aliphatic carbocycles. The Balaban J connectivity index is 2.24. The normalized spacial score (nSPS) is 11.0. The van der Waals surface area contributed by atoms with Crippen molar-refractivity contribution in [2.24, 2.45) is 0 Å². The fourth-order valence-electron chi connectivity index (χ4n) is 3.65. The van der Waals surface area contributed by atoms with Gasteiger partial charge in [0.15, 0.2) is 11.5 Å². The van der Waals surface area contributed by atoms with E-state index in [2.05, 4.69) is 13.8 Å². The average molecular weight is 421 g/mol. The summed E-state index contributed by atoms with van der Waals surface area (Å²) in [6.45, 7) is 5.92. The molecule has 4 heteroatoms. The van der Waals surface area contributed by atoms with Gasteiger partial charge in [0.2, 0.25) is 0 Å². The van der Waals surface area contributed by atoms with E-state index in [1.54, 1.807) is 0 Å². The topological polar surface area (TPSA) is 70.5 Å². The van der Waals surface area contributed by atoms with Crippen LogP contribution >= 0.6 is 0 Å². The van der Waals surface area contributed by atoms with E-state index in [-0.39, 0.29) is 0 Å². The van der Waals surface area contributed by atoms with Gasteiger partial charge in [0, 0.05) is 12.1 Å². The molecule has 0 atom stereocenters. The van der Waals surface area contributed by atoms with Gasteiger partial charge in [-0.25, -0.2) is 0 Å². The van der Waals surface area contributed by atoms with Crippen LogP contribution in [0.3, 0.4) is 0 Å².